The van der Waals surface area contributed by atoms with E-state index < -0.39 is 10.0 Å². The van der Waals surface area contributed by atoms with Gasteiger partial charge >= 0.3 is 0 Å². The van der Waals surface area contributed by atoms with Gasteiger partial charge < -0.3 is 10.1 Å². The van der Waals surface area contributed by atoms with Gasteiger partial charge in [0.05, 0.1) is 17.5 Å². The molecule has 1 N–H and O–H groups in total. The second-order valence-corrected chi connectivity index (χ2v) is 9.22. The SMILES string of the molecule is CCN(CC)S(=O)(=O)c1ccc2c(c1)nnn2CCCC(=O)NCc1ccc(OC)cc1. The van der Waals surface area contributed by atoms with Gasteiger partial charge in [-0.1, -0.05) is 31.2 Å². The third kappa shape index (κ3) is 5.43. The molecule has 0 bridgehead atoms. The summed E-state index contributed by atoms with van der Waals surface area (Å²) in [5.74, 6) is 0.732. The van der Waals surface area contributed by atoms with Crippen molar-refractivity contribution in [3.05, 3.63) is 48.0 Å². The Morgan fingerprint density at radius 1 is 1.12 bits per heavy atom. The molecular formula is C22H29N5O4S. The number of sulfonamides is 1. The zero-order valence-electron chi connectivity index (χ0n) is 18.6. The fraction of sp³-hybridized carbons (Fsp3) is 0.409. The molecule has 0 unspecified atom stereocenters. The molecule has 1 heterocycles. The summed E-state index contributed by atoms with van der Waals surface area (Å²) in [5.41, 5.74) is 2.25. The van der Waals surface area contributed by atoms with E-state index in [2.05, 4.69) is 15.6 Å². The lowest BCUT2D eigenvalue weighted by Crippen LogP contribution is -2.30. The highest BCUT2D eigenvalue weighted by Gasteiger charge is 2.22. The highest BCUT2D eigenvalue weighted by molar-refractivity contribution is 7.89. The van der Waals surface area contributed by atoms with Crippen molar-refractivity contribution in [2.45, 2.75) is 44.7 Å². The summed E-state index contributed by atoms with van der Waals surface area (Å²) in [6.07, 6.45) is 0.943. The van der Waals surface area contributed by atoms with E-state index in [9.17, 15) is 13.2 Å². The molecule has 0 atom stereocenters. The van der Waals surface area contributed by atoms with Gasteiger partial charge in [0.1, 0.15) is 11.3 Å². The van der Waals surface area contributed by atoms with Crippen LogP contribution in [0.2, 0.25) is 0 Å². The first kappa shape index (κ1) is 23.7. The predicted molar refractivity (Wildman–Crippen MR) is 122 cm³/mol. The van der Waals surface area contributed by atoms with Gasteiger partial charge in [-0.2, -0.15) is 4.31 Å². The zero-order valence-corrected chi connectivity index (χ0v) is 19.4. The van der Waals surface area contributed by atoms with Crippen LogP contribution in [-0.2, 0) is 27.9 Å². The molecule has 0 aliphatic heterocycles. The van der Waals surface area contributed by atoms with Gasteiger partial charge in [0.15, 0.2) is 0 Å². The topological polar surface area (TPSA) is 106 Å². The van der Waals surface area contributed by atoms with E-state index >= 15 is 0 Å². The van der Waals surface area contributed by atoms with E-state index in [1.54, 1.807) is 30.0 Å². The number of carbonyl (C=O) groups excluding carboxylic acids is 1. The Bertz CT molecular complexity index is 1150. The van der Waals surface area contributed by atoms with Crippen molar-refractivity contribution in [3.8, 4) is 5.75 Å². The van der Waals surface area contributed by atoms with Crippen LogP contribution in [0.25, 0.3) is 11.0 Å². The fourth-order valence-electron chi connectivity index (χ4n) is 3.41. The Balaban J connectivity index is 1.55. The van der Waals surface area contributed by atoms with Crippen molar-refractivity contribution in [2.75, 3.05) is 20.2 Å². The van der Waals surface area contributed by atoms with Gasteiger partial charge in [-0.3, -0.25) is 4.79 Å². The number of rotatable bonds is 11. The normalized spacial score (nSPS) is 11.8. The molecule has 0 fully saturated rings. The quantitative estimate of drug-likeness (QED) is 0.472. The number of nitrogens with one attached hydrogen (secondary N) is 1. The molecule has 0 saturated heterocycles. The molecule has 0 radical (unpaired) electrons. The number of aromatic nitrogens is 3. The number of amides is 1. The summed E-state index contributed by atoms with van der Waals surface area (Å²) >= 11 is 0. The Kier molecular flexibility index (Phi) is 7.81. The molecular weight excluding hydrogens is 430 g/mol. The van der Waals surface area contributed by atoms with E-state index in [0.717, 1.165) is 16.8 Å². The first-order valence-corrected chi connectivity index (χ1v) is 12.1. The molecule has 10 heteroatoms. The number of methoxy groups -OCH3 is 1. The monoisotopic (exact) mass is 459 g/mol. The lowest BCUT2D eigenvalue weighted by atomic mass is 10.2. The minimum Gasteiger partial charge on any atom is -0.497 e. The molecule has 0 spiro atoms. The Labute approximate surface area is 188 Å². The van der Waals surface area contributed by atoms with Crippen LogP contribution in [0.1, 0.15) is 32.3 Å². The number of aryl methyl sites for hydroxylation is 1. The van der Waals surface area contributed by atoms with Crippen molar-refractivity contribution in [1.29, 1.82) is 0 Å². The van der Waals surface area contributed by atoms with Gasteiger partial charge in [-0.05, 0) is 42.3 Å². The maximum Gasteiger partial charge on any atom is 0.243 e. The molecule has 0 aliphatic rings. The second-order valence-electron chi connectivity index (χ2n) is 7.28. The molecule has 3 aromatic rings. The molecule has 0 saturated carbocycles. The summed E-state index contributed by atoms with van der Waals surface area (Å²) in [5, 5.41) is 11.1. The summed E-state index contributed by atoms with van der Waals surface area (Å²) in [6, 6.07) is 12.4. The van der Waals surface area contributed by atoms with Crippen LogP contribution in [0.3, 0.4) is 0 Å². The number of fused-ring (bicyclic) bond motifs is 1. The van der Waals surface area contributed by atoms with E-state index in [1.165, 1.54) is 4.31 Å². The minimum atomic E-state index is -3.55. The van der Waals surface area contributed by atoms with Crippen molar-refractivity contribution < 1.29 is 17.9 Å². The molecule has 0 aliphatic carbocycles. The molecule has 32 heavy (non-hydrogen) atoms. The number of hydrogen-bond acceptors (Lipinski definition) is 6. The summed E-state index contributed by atoms with van der Waals surface area (Å²) in [4.78, 5) is 12.4. The number of carbonyl (C=O) groups is 1. The largest absolute Gasteiger partial charge is 0.497 e. The van der Waals surface area contributed by atoms with Crippen LogP contribution in [-0.4, -0.2) is 53.8 Å². The summed E-state index contributed by atoms with van der Waals surface area (Å²) in [6.45, 7) is 5.40. The predicted octanol–water partition coefficient (Wildman–Crippen LogP) is 2.57. The second kappa shape index (κ2) is 10.6. The maximum atomic E-state index is 12.7. The average Bonchev–Trinajstić information content (AvgIpc) is 3.21. The first-order valence-electron chi connectivity index (χ1n) is 10.6. The highest BCUT2D eigenvalue weighted by atomic mass is 32.2. The van der Waals surface area contributed by atoms with Crippen molar-refractivity contribution >= 4 is 27.0 Å². The van der Waals surface area contributed by atoms with E-state index in [4.69, 9.17) is 4.74 Å². The minimum absolute atomic E-state index is 0.0437. The molecule has 1 aromatic heterocycles. The Morgan fingerprint density at radius 3 is 2.50 bits per heavy atom. The van der Waals surface area contributed by atoms with Crippen molar-refractivity contribution in [2.24, 2.45) is 0 Å². The third-order valence-electron chi connectivity index (χ3n) is 5.25. The first-order chi connectivity index (χ1) is 15.4. The van der Waals surface area contributed by atoms with Gasteiger partial charge in [-0.25, -0.2) is 13.1 Å². The van der Waals surface area contributed by atoms with Gasteiger partial charge in [0.25, 0.3) is 0 Å². The van der Waals surface area contributed by atoms with E-state index in [-0.39, 0.29) is 10.8 Å². The fourth-order valence-corrected chi connectivity index (χ4v) is 4.89. The molecule has 172 valence electrons. The maximum absolute atomic E-state index is 12.7. The average molecular weight is 460 g/mol. The summed E-state index contributed by atoms with van der Waals surface area (Å²) < 4.78 is 33.6. The van der Waals surface area contributed by atoms with Crippen LogP contribution in [0.4, 0.5) is 0 Å². The van der Waals surface area contributed by atoms with Crippen LogP contribution < -0.4 is 10.1 Å². The van der Waals surface area contributed by atoms with Gasteiger partial charge in [0.2, 0.25) is 15.9 Å². The molecule has 3 rings (SSSR count). The molecule has 1 amide bonds. The van der Waals surface area contributed by atoms with Crippen molar-refractivity contribution in [3.63, 3.8) is 0 Å². The third-order valence-corrected chi connectivity index (χ3v) is 7.30. The van der Waals surface area contributed by atoms with Crippen molar-refractivity contribution in [1.82, 2.24) is 24.6 Å². The Hall–Kier alpha value is -2.98. The number of ether oxygens (including phenoxy) is 1. The smallest absolute Gasteiger partial charge is 0.243 e. The van der Waals surface area contributed by atoms with Crippen LogP contribution in [0, 0.1) is 0 Å². The van der Waals surface area contributed by atoms with E-state index in [0.29, 0.717) is 44.5 Å². The van der Waals surface area contributed by atoms with Gasteiger partial charge in [-0.15, -0.1) is 5.10 Å². The highest BCUT2D eigenvalue weighted by Crippen LogP contribution is 2.21. The number of hydrogen-bond donors (Lipinski definition) is 1. The number of benzene rings is 2. The van der Waals surface area contributed by atoms with Crippen LogP contribution >= 0.6 is 0 Å². The lowest BCUT2D eigenvalue weighted by Gasteiger charge is -2.18. The molecule has 9 nitrogen and oxygen atoms in total. The van der Waals surface area contributed by atoms with Crippen LogP contribution in [0.5, 0.6) is 5.75 Å². The Morgan fingerprint density at radius 2 is 1.84 bits per heavy atom. The standard InChI is InChI=1S/C22H29N5O4S/c1-4-26(5-2)32(29,30)19-12-13-21-20(15-19)24-25-27(21)14-6-7-22(28)23-16-17-8-10-18(31-3)11-9-17/h8-13,15H,4-7,14,16H2,1-3H3,(H,23,28). The van der Waals surface area contributed by atoms with E-state index in [1.807, 2.05) is 38.1 Å². The van der Waals surface area contributed by atoms with Crippen LogP contribution in [0.15, 0.2) is 47.4 Å². The lowest BCUT2D eigenvalue weighted by molar-refractivity contribution is -0.121. The number of nitrogens with zero attached hydrogens (tertiary/aromatic N) is 4. The summed E-state index contributed by atoms with van der Waals surface area (Å²) in [7, 11) is -1.94. The van der Waals surface area contributed by atoms with Gasteiger partial charge in [0, 0.05) is 32.6 Å². The molecule has 2 aromatic carbocycles. The zero-order chi connectivity index (χ0) is 23.1.